The maximum Gasteiger partial charge on any atom is 0.229 e. The number of rotatable bonds is 7. The van der Waals surface area contributed by atoms with Gasteiger partial charge in [0.2, 0.25) is 5.89 Å². The maximum atomic E-state index is 13.9. The van der Waals surface area contributed by atoms with E-state index in [0.717, 1.165) is 12.2 Å². The molecule has 0 aliphatic rings. The van der Waals surface area contributed by atoms with Crippen LogP contribution in [-0.4, -0.2) is 11.5 Å². The molecule has 1 N–H and O–H groups in total. The first-order valence-corrected chi connectivity index (χ1v) is 9.31. The molecule has 28 heavy (non-hydrogen) atoms. The molecule has 0 bridgehead atoms. The summed E-state index contributed by atoms with van der Waals surface area (Å²) in [6.07, 6.45) is 1.58. The summed E-state index contributed by atoms with van der Waals surface area (Å²) in [5, 5.41) is 3.46. The van der Waals surface area contributed by atoms with E-state index in [9.17, 15) is 4.39 Å². The Morgan fingerprint density at radius 2 is 1.43 bits per heavy atom. The van der Waals surface area contributed by atoms with Crippen molar-refractivity contribution in [2.75, 3.05) is 6.54 Å². The Labute approximate surface area is 163 Å². The molecule has 1 heterocycles. The van der Waals surface area contributed by atoms with Crippen LogP contribution in [0.4, 0.5) is 4.39 Å². The highest BCUT2D eigenvalue weighted by Crippen LogP contribution is 2.24. The molecule has 140 valence electrons. The fraction of sp³-hybridized carbons (Fsp3) is 0.125. The molecule has 0 saturated heterocycles. The van der Waals surface area contributed by atoms with E-state index < -0.39 is 0 Å². The lowest BCUT2D eigenvalue weighted by Crippen LogP contribution is -2.22. The van der Waals surface area contributed by atoms with E-state index in [4.69, 9.17) is 4.42 Å². The summed E-state index contributed by atoms with van der Waals surface area (Å²) < 4.78 is 19.4. The van der Waals surface area contributed by atoms with Crippen LogP contribution in [0.15, 0.2) is 95.6 Å². The van der Waals surface area contributed by atoms with Crippen molar-refractivity contribution >= 4 is 0 Å². The molecule has 0 fully saturated rings. The van der Waals surface area contributed by atoms with Crippen LogP contribution in [0.1, 0.15) is 22.7 Å². The van der Waals surface area contributed by atoms with E-state index in [1.54, 1.807) is 24.5 Å². The summed E-state index contributed by atoms with van der Waals surface area (Å²) in [5.74, 6) is 0.204. The van der Waals surface area contributed by atoms with E-state index in [1.807, 2.05) is 12.1 Å². The van der Waals surface area contributed by atoms with Crippen LogP contribution in [-0.2, 0) is 6.54 Å². The smallest absolute Gasteiger partial charge is 0.229 e. The monoisotopic (exact) mass is 372 g/mol. The van der Waals surface area contributed by atoms with Crippen LogP contribution in [0.3, 0.4) is 0 Å². The van der Waals surface area contributed by atoms with Gasteiger partial charge in [0, 0.05) is 19.0 Å². The first-order valence-electron chi connectivity index (χ1n) is 9.31. The summed E-state index contributed by atoms with van der Waals surface area (Å²) >= 11 is 0. The van der Waals surface area contributed by atoms with Crippen LogP contribution in [0.25, 0.3) is 11.5 Å². The average molecular weight is 372 g/mol. The minimum absolute atomic E-state index is 0.236. The molecule has 0 amide bonds. The summed E-state index contributed by atoms with van der Waals surface area (Å²) in [7, 11) is 0. The molecule has 0 atom stereocenters. The minimum Gasteiger partial charge on any atom is -0.444 e. The number of aromatic nitrogens is 1. The number of hydrogen-bond acceptors (Lipinski definition) is 3. The third-order valence-corrected chi connectivity index (χ3v) is 4.71. The zero-order valence-electron chi connectivity index (χ0n) is 15.4. The van der Waals surface area contributed by atoms with Gasteiger partial charge in [-0.3, -0.25) is 0 Å². The molecule has 0 unspecified atom stereocenters. The predicted octanol–water partition coefficient (Wildman–Crippen LogP) is 5.40. The third-order valence-electron chi connectivity index (χ3n) is 4.71. The number of nitrogens with one attached hydrogen (secondary N) is 1. The van der Waals surface area contributed by atoms with Crippen LogP contribution in [0.2, 0.25) is 0 Å². The van der Waals surface area contributed by atoms with Crippen LogP contribution >= 0.6 is 0 Å². The van der Waals surface area contributed by atoms with E-state index in [2.05, 4.69) is 58.8 Å². The van der Waals surface area contributed by atoms with Crippen molar-refractivity contribution in [1.82, 2.24) is 10.3 Å². The standard InChI is InChI=1S/C24H21FN2O/c25-23-14-8-7-13-21(23)24-27-20(17-28-24)15-26-16-22(18-9-3-1-4-10-18)19-11-5-2-6-12-19/h1-14,17,22,26H,15-16H2. The molecule has 1 aromatic heterocycles. The molecule has 4 aromatic rings. The number of oxazole rings is 1. The van der Waals surface area contributed by atoms with Crippen molar-refractivity contribution in [1.29, 1.82) is 0 Å². The highest BCUT2D eigenvalue weighted by atomic mass is 19.1. The molecule has 0 radical (unpaired) electrons. The van der Waals surface area contributed by atoms with E-state index >= 15 is 0 Å². The lowest BCUT2D eigenvalue weighted by molar-refractivity contribution is 0.558. The second-order valence-corrected chi connectivity index (χ2v) is 6.63. The third kappa shape index (κ3) is 4.18. The predicted molar refractivity (Wildman–Crippen MR) is 108 cm³/mol. The molecular formula is C24H21FN2O. The Kier molecular flexibility index (Phi) is 5.59. The number of halogens is 1. The fourth-order valence-corrected chi connectivity index (χ4v) is 3.29. The van der Waals surface area contributed by atoms with E-state index in [0.29, 0.717) is 18.0 Å². The Hall–Kier alpha value is -3.24. The first kappa shape index (κ1) is 18.1. The Bertz CT molecular complexity index is 975. The summed E-state index contributed by atoms with van der Waals surface area (Å²) in [5.41, 5.74) is 3.64. The quantitative estimate of drug-likeness (QED) is 0.472. The Morgan fingerprint density at radius 1 is 0.821 bits per heavy atom. The maximum absolute atomic E-state index is 13.9. The lowest BCUT2D eigenvalue weighted by Gasteiger charge is -2.18. The molecular weight excluding hydrogens is 351 g/mol. The zero-order chi connectivity index (χ0) is 19.2. The van der Waals surface area contributed by atoms with Crippen LogP contribution < -0.4 is 5.32 Å². The topological polar surface area (TPSA) is 38.1 Å². The van der Waals surface area contributed by atoms with E-state index in [1.165, 1.54) is 17.2 Å². The van der Waals surface area contributed by atoms with Gasteiger partial charge in [0.25, 0.3) is 0 Å². The van der Waals surface area contributed by atoms with Gasteiger partial charge in [0.05, 0.1) is 11.3 Å². The van der Waals surface area contributed by atoms with Gasteiger partial charge in [-0.1, -0.05) is 72.8 Å². The molecule has 0 aliphatic carbocycles. The second kappa shape index (κ2) is 8.63. The average Bonchev–Trinajstić information content (AvgIpc) is 3.21. The number of nitrogens with zero attached hydrogens (tertiary/aromatic N) is 1. The zero-order valence-corrected chi connectivity index (χ0v) is 15.4. The fourth-order valence-electron chi connectivity index (χ4n) is 3.29. The number of hydrogen-bond donors (Lipinski definition) is 1. The van der Waals surface area contributed by atoms with Crippen LogP contribution in [0, 0.1) is 5.82 Å². The second-order valence-electron chi connectivity index (χ2n) is 6.63. The van der Waals surface area contributed by atoms with Crippen molar-refractivity contribution in [2.45, 2.75) is 12.5 Å². The normalized spacial score (nSPS) is 11.1. The van der Waals surface area contributed by atoms with Gasteiger partial charge in [0.1, 0.15) is 12.1 Å². The van der Waals surface area contributed by atoms with Gasteiger partial charge in [-0.05, 0) is 23.3 Å². The van der Waals surface area contributed by atoms with Crippen molar-refractivity contribution < 1.29 is 8.81 Å². The van der Waals surface area contributed by atoms with Gasteiger partial charge in [-0.2, -0.15) is 0 Å². The molecule has 0 aliphatic heterocycles. The molecule has 0 saturated carbocycles. The molecule has 4 heteroatoms. The largest absolute Gasteiger partial charge is 0.444 e. The van der Waals surface area contributed by atoms with Crippen molar-refractivity contribution in [3.63, 3.8) is 0 Å². The van der Waals surface area contributed by atoms with Crippen molar-refractivity contribution in [3.8, 4) is 11.5 Å². The van der Waals surface area contributed by atoms with Gasteiger partial charge < -0.3 is 9.73 Å². The Balaban J connectivity index is 1.45. The first-order chi connectivity index (χ1) is 13.8. The summed E-state index contributed by atoms with van der Waals surface area (Å²) in [4.78, 5) is 4.41. The molecule has 3 aromatic carbocycles. The molecule has 4 rings (SSSR count). The molecule has 3 nitrogen and oxygen atoms in total. The highest BCUT2D eigenvalue weighted by molar-refractivity contribution is 5.53. The Morgan fingerprint density at radius 3 is 2.07 bits per heavy atom. The molecule has 0 spiro atoms. The van der Waals surface area contributed by atoms with Gasteiger partial charge in [-0.15, -0.1) is 0 Å². The van der Waals surface area contributed by atoms with Crippen molar-refractivity contribution in [2.24, 2.45) is 0 Å². The van der Waals surface area contributed by atoms with Crippen molar-refractivity contribution in [3.05, 3.63) is 114 Å². The summed E-state index contributed by atoms with van der Waals surface area (Å²) in [6.45, 7) is 1.31. The number of benzene rings is 3. The minimum atomic E-state index is -0.336. The van der Waals surface area contributed by atoms with Crippen LogP contribution in [0.5, 0.6) is 0 Å². The summed E-state index contributed by atoms with van der Waals surface area (Å²) in [6, 6.07) is 27.4. The van der Waals surface area contributed by atoms with E-state index in [-0.39, 0.29) is 11.7 Å². The highest BCUT2D eigenvalue weighted by Gasteiger charge is 2.15. The lowest BCUT2D eigenvalue weighted by atomic mass is 9.91. The SMILES string of the molecule is Fc1ccccc1-c1nc(CNCC(c2ccccc2)c2ccccc2)co1. The van der Waals surface area contributed by atoms with Gasteiger partial charge in [-0.25, -0.2) is 9.37 Å². The van der Waals surface area contributed by atoms with Gasteiger partial charge >= 0.3 is 0 Å². The van der Waals surface area contributed by atoms with Gasteiger partial charge in [0.15, 0.2) is 0 Å².